The van der Waals surface area contributed by atoms with Crippen LogP contribution in [0.15, 0.2) is 0 Å². The topological polar surface area (TPSA) is 50.8 Å². The molecular formula is C13H26N2O3. The van der Waals surface area contributed by atoms with E-state index in [0.29, 0.717) is 25.7 Å². The van der Waals surface area contributed by atoms with Crippen molar-refractivity contribution in [1.82, 2.24) is 10.2 Å². The third-order valence-electron chi connectivity index (χ3n) is 3.22. The molecule has 0 saturated carbocycles. The summed E-state index contributed by atoms with van der Waals surface area (Å²) in [4.78, 5) is 14.0. The summed E-state index contributed by atoms with van der Waals surface area (Å²) >= 11 is 0. The van der Waals surface area contributed by atoms with Crippen molar-refractivity contribution < 1.29 is 14.3 Å². The summed E-state index contributed by atoms with van der Waals surface area (Å²) in [6, 6.07) is 0. The maximum atomic E-state index is 11.8. The molecule has 1 aliphatic rings. The maximum absolute atomic E-state index is 11.8. The van der Waals surface area contributed by atoms with Gasteiger partial charge >= 0.3 is 0 Å². The molecule has 0 aliphatic carbocycles. The van der Waals surface area contributed by atoms with E-state index < -0.39 is 6.10 Å². The quantitative estimate of drug-likeness (QED) is 0.644. The second kappa shape index (κ2) is 8.45. The molecule has 1 aliphatic heterocycles. The maximum Gasteiger partial charge on any atom is 0.248 e. The summed E-state index contributed by atoms with van der Waals surface area (Å²) < 4.78 is 10.5. The molecule has 1 N–H and O–H groups in total. The predicted molar refractivity (Wildman–Crippen MR) is 70.5 cm³/mol. The first-order valence-electron chi connectivity index (χ1n) is 6.79. The van der Waals surface area contributed by atoms with E-state index in [4.69, 9.17) is 9.47 Å². The van der Waals surface area contributed by atoms with Crippen LogP contribution in [-0.4, -0.2) is 63.4 Å². The Morgan fingerprint density at radius 3 is 2.89 bits per heavy atom. The molecule has 5 nitrogen and oxygen atoms in total. The average molecular weight is 258 g/mol. The number of carbonyl (C=O) groups is 1. The fourth-order valence-electron chi connectivity index (χ4n) is 2.09. The van der Waals surface area contributed by atoms with Crippen LogP contribution >= 0.6 is 0 Å². The molecule has 0 spiro atoms. The molecule has 106 valence electrons. The molecule has 0 radical (unpaired) electrons. The van der Waals surface area contributed by atoms with Gasteiger partial charge in [0, 0.05) is 19.7 Å². The van der Waals surface area contributed by atoms with Crippen LogP contribution in [0.1, 0.15) is 20.3 Å². The average Bonchev–Trinajstić information content (AvgIpc) is 2.77. The molecule has 0 aromatic heterocycles. The molecule has 2 atom stereocenters. The van der Waals surface area contributed by atoms with E-state index >= 15 is 0 Å². The minimum atomic E-state index is -0.399. The summed E-state index contributed by atoms with van der Waals surface area (Å²) in [5.41, 5.74) is 0. The Bertz CT molecular complexity index is 248. The number of nitrogens with one attached hydrogen (secondary N) is 1. The molecule has 1 saturated heterocycles. The summed E-state index contributed by atoms with van der Waals surface area (Å²) in [6.45, 7) is 8.36. The Hall–Kier alpha value is -0.650. The van der Waals surface area contributed by atoms with E-state index in [1.807, 2.05) is 6.92 Å². The van der Waals surface area contributed by atoms with Crippen LogP contribution in [-0.2, 0) is 14.3 Å². The predicted octanol–water partition coefficient (Wildman–Crippen LogP) is 0.496. The number of carbonyl (C=O) groups excluding carboxylic acids is 1. The van der Waals surface area contributed by atoms with Gasteiger partial charge in [-0.2, -0.15) is 0 Å². The molecule has 1 heterocycles. The first kappa shape index (κ1) is 15.4. The number of amides is 1. The molecule has 1 amide bonds. The highest BCUT2D eigenvalue weighted by Crippen LogP contribution is 2.12. The Balaban J connectivity index is 2.08. The number of nitrogens with zero attached hydrogens (tertiary/aromatic N) is 1. The van der Waals surface area contributed by atoms with Crippen molar-refractivity contribution in [2.24, 2.45) is 5.92 Å². The Morgan fingerprint density at radius 1 is 1.50 bits per heavy atom. The van der Waals surface area contributed by atoms with E-state index in [-0.39, 0.29) is 5.91 Å². The molecule has 0 unspecified atom stereocenters. The zero-order valence-corrected chi connectivity index (χ0v) is 11.8. The lowest BCUT2D eigenvalue weighted by atomic mass is 10.1. The minimum absolute atomic E-state index is 0.0268. The zero-order valence-electron chi connectivity index (χ0n) is 11.8. The third-order valence-corrected chi connectivity index (χ3v) is 3.22. The SMILES string of the molecule is CCOCCO[C@H](C)C(=O)NC[C@H]1CCN(C)C1. The largest absolute Gasteiger partial charge is 0.379 e. The van der Waals surface area contributed by atoms with Gasteiger partial charge < -0.3 is 19.7 Å². The van der Waals surface area contributed by atoms with Crippen molar-refractivity contribution in [2.75, 3.05) is 46.5 Å². The fourth-order valence-corrected chi connectivity index (χ4v) is 2.09. The van der Waals surface area contributed by atoms with Gasteiger partial charge in [0.2, 0.25) is 5.91 Å². The summed E-state index contributed by atoms with van der Waals surface area (Å²) in [5.74, 6) is 0.552. The highest BCUT2D eigenvalue weighted by Gasteiger charge is 2.21. The lowest BCUT2D eigenvalue weighted by molar-refractivity contribution is -0.132. The molecule has 1 rings (SSSR count). The second-order valence-electron chi connectivity index (χ2n) is 4.87. The number of hydrogen-bond acceptors (Lipinski definition) is 4. The molecule has 0 aromatic rings. The minimum Gasteiger partial charge on any atom is -0.379 e. The van der Waals surface area contributed by atoms with E-state index in [2.05, 4.69) is 17.3 Å². The first-order valence-corrected chi connectivity index (χ1v) is 6.79. The van der Waals surface area contributed by atoms with E-state index in [1.165, 1.54) is 0 Å². The van der Waals surface area contributed by atoms with Crippen molar-refractivity contribution in [2.45, 2.75) is 26.4 Å². The number of likely N-dealkylation sites (tertiary alicyclic amines) is 1. The smallest absolute Gasteiger partial charge is 0.248 e. The molecule has 18 heavy (non-hydrogen) atoms. The van der Waals surface area contributed by atoms with Crippen LogP contribution in [0.4, 0.5) is 0 Å². The van der Waals surface area contributed by atoms with Crippen molar-refractivity contribution >= 4 is 5.91 Å². The number of ether oxygens (including phenoxy) is 2. The van der Waals surface area contributed by atoms with Gasteiger partial charge in [0.25, 0.3) is 0 Å². The van der Waals surface area contributed by atoms with Crippen molar-refractivity contribution in [1.29, 1.82) is 0 Å². The zero-order chi connectivity index (χ0) is 13.4. The van der Waals surface area contributed by atoms with Crippen LogP contribution in [0.5, 0.6) is 0 Å². The second-order valence-corrected chi connectivity index (χ2v) is 4.87. The van der Waals surface area contributed by atoms with Crippen molar-refractivity contribution in [3.63, 3.8) is 0 Å². The molecule has 0 bridgehead atoms. The van der Waals surface area contributed by atoms with Crippen LogP contribution in [0.3, 0.4) is 0 Å². The third kappa shape index (κ3) is 5.80. The summed E-state index contributed by atoms with van der Waals surface area (Å²) in [6.07, 6.45) is 0.765. The van der Waals surface area contributed by atoms with Gasteiger partial charge in [-0.3, -0.25) is 4.79 Å². The van der Waals surface area contributed by atoms with Crippen LogP contribution in [0.25, 0.3) is 0 Å². The number of rotatable bonds is 8. The van der Waals surface area contributed by atoms with E-state index in [0.717, 1.165) is 26.1 Å². The van der Waals surface area contributed by atoms with Gasteiger partial charge in [0.15, 0.2) is 0 Å². The van der Waals surface area contributed by atoms with Gasteiger partial charge in [0.05, 0.1) is 13.2 Å². The molecule has 5 heteroatoms. The normalized spacial score (nSPS) is 22.1. The van der Waals surface area contributed by atoms with Gasteiger partial charge in [-0.15, -0.1) is 0 Å². The van der Waals surface area contributed by atoms with E-state index in [1.54, 1.807) is 6.92 Å². The highest BCUT2D eigenvalue weighted by atomic mass is 16.5. The van der Waals surface area contributed by atoms with Crippen LogP contribution < -0.4 is 5.32 Å². The molecule has 0 aromatic carbocycles. The summed E-state index contributed by atoms with van der Waals surface area (Å²) in [7, 11) is 2.11. The van der Waals surface area contributed by atoms with Gasteiger partial charge in [-0.25, -0.2) is 0 Å². The van der Waals surface area contributed by atoms with Gasteiger partial charge in [-0.1, -0.05) is 0 Å². The molecule has 1 fully saturated rings. The highest BCUT2D eigenvalue weighted by molar-refractivity contribution is 5.80. The Morgan fingerprint density at radius 2 is 2.28 bits per heavy atom. The monoisotopic (exact) mass is 258 g/mol. The first-order chi connectivity index (χ1) is 8.63. The summed E-state index contributed by atoms with van der Waals surface area (Å²) in [5, 5.41) is 2.95. The lowest BCUT2D eigenvalue weighted by Crippen LogP contribution is -2.38. The van der Waals surface area contributed by atoms with Gasteiger partial charge in [-0.05, 0) is 39.8 Å². The Kier molecular flexibility index (Phi) is 7.23. The van der Waals surface area contributed by atoms with Gasteiger partial charge in [0.1, 0.15) is 6.10 Å². The fraction of sp³-hybridized carbons (Fsp3) is 0.923. The number of hydrogen-bond donors (Lipinski definition) is 1. The standard InChI is InChI=1S/C13H26N2O3/c1-4-17-7-8-18-11(2)13(16)14-9-12-5-6-15(3)10-12/h11-12H,4-10H2,1-3H3,(H,14,16)/t11-,12-/m1/s1. The van der Waals surface area contributed by atoms with Crippen LogP contribution in [0.2, 0.25) is 0 Å². The molecular weight excluding hydrogens is 232 g/mol. The van der Waals surface area contributed by atoms with Crippen LogP contribution in [0, 0.1) is 5.92 Å². The van der Waals surface area contributed by atoms with Crippen molar-refractivity contribution in [3.05, 3.63) is 0 Å². The van der Waals surface area contributed by atoms with E-state index in [9.17, 15) is 4.79 Å². The Labute approximate surface area is 110 Å². The lowest BCUT2D eigenvalue weighted by Gasteiger charge is -2.16. The van der Waals surface area contributed by atoms with Crippen molar-refractivity contribution in [3.8, 4) is 0 Å².